The lowest BCUT2D eigenvalue weighted by molar-refractivity contribution is 0.414. The SMILES string of the molecule is CCCNC(c1ccc(OC)cc1)c1cc(F)cc(F)c1. The molecule has 1 N–H and O–H groups in total. The van der Waals surface area contributed by atoms with Crippen LogP contribution in [0.25, 0.3) is 0 Å². The fourth-order valence-electron chi connectivity index (χ4n) is 2.26. The van der Waals surface area contributed by atoms with Crippen molar-refractivity contribution in [2.75, 3.05) is 13.7 Å². The number of benzene rings is 2. The predicted octanol–water partition coefficient (Wildman–Crippen LogP) is 4.06. The molecule has 0 amide bonds. The summed E-state index contributed by atoms with van der Waals surface area (Å²) in [5.41, 5.74) is 1.51. The van der Waals surface area contributed by atoms with E-state index < -0.39 is 11.6 Å². The van der Waals surface area contributed by atoms with Crippen LogP contribution in [-0.2, 0) is 0 Å². The smallest absolute Gasteiger partial charge is 0.126 e. The van der Waals surface area contributed by atoms with Gasteiger partial charge in [0.25, 0.3) is 0 Å². The van der Waals surface area contributed by atoms with E-state index in [2.05, 4.69) is 5.32 Å². The highest BCUT2D eigenvalue weighted by atomic mass is 19.1. The van der Waals surface area contributed by atoms with E-state index in [1.807, 2.05) is 31.2 Å². The quantitative estimate of drug-likeness (QED) is 0.866. The largest absolute Gasteiger partial charge is 0.497 e. The maximum atomic E-state index is 13.5. The van der Waals surface area contributed by atoms with Gasteiger partial charge in [-0.3, -0.25) is 0 Å². The molecule has 2 nitrogen and oxygen atoms in total. The van der Waals surface area contributed by atoms with Gasteiger partial charge in [-0.15, -0.1) is 0 Å². The van der Waals surface area contributed by atoms with Crippen molar-refractivity contribution in [2.45, 2.75) is 19.4 Å². The lowest BCUT2D eigenvalue weighted by Crippen LogP contribution is -2.23. The van der Waals surface area contributed by atoms with E-state index in [9.17, 15) is 8.78 Å². The van der Waals surface area contributed by atoms with Crippen LogP contribution in [0.3, 0.4) is 0 Å². The van der Waals surface area contributed by atoms with Crippen LogP contribution in [0.5, 0.6) is 5.75 Å². The molecule has 0 fully saturated rings. The van der Waals surface area contributed by atoms with Gasteiger partial charge in [0, 0.05) is 6.07 Å². The molecule has 0 saturated heterocycles. The van der Waals surface area contributed by atoms with Gasteiger partial charge in [-0.05, 0) is 48.4 Å². The van der Waals surface area contributed by atoms with Crippen LogP contribution >= 0.6 is 0 Å². The third kappa shape index (κ3) is 4.02. The highest BCUT2D eigenvalue weighted by Gasteiger charge is 2.15. The number of ether oxygens (including phenoxy) is 1. The fourth-order valence-corrected chi connectivity index (χ4v) is 2.26. The summed E-state index contributed by atoms with van der Waals surface area (Å²) in [7, 11) is 1.60. The lowest BCUT2D eigenvalue weighted by Gasteiger charge is -2.20. The normalized spacial score (nSPS) is 12.2. The zero-order valence-corrected chi connectivity index (χ0v) is 12.2. The average molecular weight is 291 g/mol. The Bertz CT molecular complexity index is 564. The van der Waals surface area contributed by atoms with Gasteiger partial charge in [-0.25, -0.2) is 8.78 Å². The molecule has 0 spiro atoms. The number of methoxy groups -OCH3 is 1. The molecule has 2 rings (SSSR count). The number of nitrogens with one attached hydrogen (secondary N) is 1. The van der Waals surface area contributed by atoms with E-state index in [1.54, 1.807) is 7.11 Å². The van der Waals surface area contributed by atoms with Gasteiger partial charge in [0.15, 0.2) is 0 Å². The molecule has 0 aromatic heterocycles. The average Bonchev–Trinajstić information content (AvgIpc) is 2.47. The van der Waals surface area contributed by atoms with Gasteiger partial charge in [-0.1, -0.05) is 19.1 Å². The summed E-state index contributed by atoms with van der Waals surface area (Å²) in [4.78, 5) is 0. The van der Waals surface area contributed by atoms with Gasteiger partial charge in [0.1, 0.15) is 17.4 Å². The Hall–Kier alpha value is -1.94. The van der Waals surface area contributed by atoms with E-state index in [0.29, 0.717) is 5.56 Å². The first-order valence-electron chi connectivity index (χ1n) is 6.97. The first-order valence-corrected chi connectivity index (χ1v) is 6.97. The molecular formula is C17H19F2NO. The Labute approximate surface area is 123 Å². The molecule has 0 radical (unpaired) electrons. The second-order valence-electron chi connectivity index (χ2n) is 4.86. The molecule has 0 aliphatic heterocycles. The minimum Gasteiger partial charge on any atom is -0.497 e. The van der Waals surface area contributed by atoms with Gasteiger partial charge in [-0.2, -0.15) is 0 Å². The van der Waals surface area contributed by atoms with Crippen molar-refractivity contribution in [1.82, 2.24) is 5.32 Å². The summed E-state index contributed by atoms with van der Waals surface area (Å²) in [6.07, 6.45) is 0.935. The van der Waals surface area contributed by atoms with Crippen molar-refractivity contribution in [1.29, 1.82) is 0 Å². The van der Waals surface area contributed by atoms with Crippen LogP contribution < -0.4 is 10.1 Å². The Morgan fingerprint density at radius 2 is 1.62 bits per heavy atom. The van der Waals surface area contributed by atoms with Crippen LogP contribution in [0, 0.1) is 11.6 Å². The summed E-state index contributed by atoms with van der Waals surface area (Å²) in [5, 5.41) is 3.32. The predicted molar refractivity (Wildman–Crippen MR) is 79.5 cm³/mol. The lowest BCUT2D eigenvalue weighted by atomic mass is 9.98. The molecule has 0 aliphatic rings. The highest BCUT2D eigenvalue weighted by Crippen LogP contribution is 2.25. The van der Waals surface area contributed by atoms with Crippen molar-refractivity contribution >= 4 is 0 Å². The minimum absolute atomic E-state index is 0.249. The van der Waals surface area contributed by atoms with Crippen LogP contribution in [0.1, 0.15) is 30.5 Å². The molecule has 0 saturated carbocycles. The standard InChI is InChI=1S/C17H19F2NO/c1-3-8-20-17(12-4-6-16(21-2)7-5-12)13-9-14(18)11-15(19)10-13/h4-7,9-11,17,20H,3,8H2,1-2H3. The molecule has 1 atom stereocenters. The van der Waals surface area contributed by atoms with Crippen molar-refractivity contribution in [3.8, 4) is 5.75 Å². The molecule has 0 heterocycles. The van der Waals surface area contributed by atoms with Crippen molar-refractivity contribution < 1.29 is 13.5 Å². The first-order chi connectivity index (χ1) is 10.1. The number of halogens is 2. The molecule has 2 aromatic carbocycles. The Morgan fingerprint density at radius 1 is 1.00 bits per heavy atom. The van der Waals surface area contributed by atoms with Gasteiger partial charge in [0.2, 0.25) is 0 Å². The van der Waals surface area contributed by atoms with E-state index in [-0.39, 0.29) is 6.04 Å². The number of hydrogen-bond acceptors (Lipinski definition) is 2. The molecule has 21 heavy (non-hydrogen) atoms. The van der Waals surface area contributed by atoms with Gasteiger partial charge >= 0.3 is 0 Å². The van der Waals surface area contributed by atoms with Crippen LogP contribution in [0.2, 0.25) is 0 Å². The molecule has 2 aromatic rings. The van der Waals surface area contributed by atoms with E-state index in [0.717, 1.165) is 30.3 Å². The maximum Gasteiger partial charge on any atom is 0.126 e. The highest BCUT2D eigenvalue weighted by molar-refractivity contribution is 5.36. The third-order valence-electron chi connectivity index (χ3n) is 3.27. The number of rotatable bonds is 6. The summed E-state index contributed by atoms with van der Waals surface area (Å²) in [5.74, 6) is -0.387. The first kappa shape index (κ1) is 15.4. The Balaban J connectivity index is 2.36. The molecule has 0 bridgehead atoms. The van der Waals surface area contributed by atoms with E-state index >= 15 is 0 Å². The van der Waals surface area contributed by atoms with Crippen LogP contribution in [0.4, 0.5) is 8.78 Å². The third-order valence-corrected chi connectivity index (χ3v) is 3.27. The topological polar surface area (TPSA) is 21.3 Å². The molecule has 4 heteroatoms. The summed E-state index contributed by atoms with van der Waals surface area (Å²) < 4.78 is 32.0. The minimum atomic E-state index is -0.568. The molecular weight excluding hydrogens is 272 g/mol. The summed E-state index contributed by atoms with van der Waals surface area (Å²) in [6, 6.07) is 10.8. The Kier molecular flexibility index (Phi) is 5.28. The van der Waals surface area contributed by atoms with Crippen molar-refractivity contribution in [2.24, 2.45) is 0 Å². The fraction of sp³-hybridized carbons (Fsp3) is 0.294. The maximum absolute atomic E-state index is 13.5. The molecule has 112 valence electrons. The van der Waals surface area contributed by atoms with Gasteiger partial charge in [0.05, 0.1) is 13.2 Å². The summed E-state index contributed by atoms with van der Waals surface area (Å²) >= 11 is 0. The molecule has 1 unspecified atom stereocenters. The second kappa shape index (κ2) is 7.18. The second-order valence-corrected chi connectivity index (χ2v) is 4.86. The van der Waals surface area contributed by atoms with E-state index in [1.165, 1.54) is 12.1 Å². The molecule has 0 aliphatic carbocycles. The monoisotopic (exact) mass is 291 g/mol. The Morgan fingerprint density at radius 3 is 2.14 bits per heavy atom. The zero-order valence-electron chi connectivity index (χ0n) is 12.2. The number of hydrogen-bond donors (Lipinski definition) is 1. The van der Waals surface area contributed by atoms with Crippen LogP contribution in [-0.4, -0.2) is 13.7 Å². The van der Waals surface area contributed by atoms with Crippen molar-refractivity contribution in [3.05, 3.63) is 65.2 Å². The van der Waals surface area contributed by atoms with E-state index in [4.69, 9.17) is 4.74 Å². The van der Waals surface area contributed by atoms with Gasteiger partial charge < -0.3 is 10.1 Å². The van der Waals surface area contributed by atoms with Crippen molar-refractivity contribution in [3.63, 3.8) is 0 Å². The zero-order chi connectivity index (χ0) is 15.2. The van der Waals surface area contributed by atoms with Crippen LogP contribution in [0.15, 0.2) is 42.5 Å². The summed E-state index contributed by atoms with van der Waals surface area (Å²) in [6.45, 7) is 2.80.